The number of aromatic nitrogens is 2. The van der Waals surface area contributed by atoms with Gasteiger partial charge in [0.15, 0.2) is 0 Å². The van der Waals surface area contributed by atoms with Crippen LogP contribution in [0.3, 0.4) is 0 Å². The lowest BCUT2D eigenvalue weighted by molar-refractivity contribution is -0.147. The molecule has 0 spiro atoms. The molecule has 15 N–H and O–H groups in total. The van der Waals surface area contributed by atoms with Crippen molar-refractivity contribution in [3.63, 3.8) is 0 Å². The number of rotatable bonds is 34. The first-order valence-corrected chi connectivity index (χ1v) is 25.7. The van der Waals surface area contributed by atoms with Gasteiger partial charge in [-0.3, -0.25) is 52.7 Å². The van der Waals surface area contributed by atoms with E-state index in [1.54, 1.807) is 55.4 Å². The van der Waals surface area contributed by atoms with Crippen LogP contribution in [0.25, 0.3) is 0 Å². The Morgan fingerprint density at radius 3 is 1.49 bits per heavy atom. The molecule has 28 heteroatoms. The predicted octanol–water partition coefficient (Wildman–Crippen LogP) is -2.62. The van der Waals surface area contributed by atoms with E-state index in [0.717, 1.165) is 4.90 Å². The number of carboxylic acid groups (broad SMARTS) is 3. The SMILES string of the molecule is CC(C)C[C@H](NC(=O)[C@H](CC(C)C)NC(=O)[C@@H]1CCCN1C(=O)[C@H](CO)NC(=O)[C@H](CC(C)C)NC(=O)[C@H](CC(C)C)NC(=O)[C@H](Cc1cnc[nH]1)NC(=O)CNC(=O)[C@@H](N)CCC(=O)O)C(=O)N[C@@H](CC(=O)O)C(=O)O. The molecule has 28 nitrogen and oxygen atoms in total. The lowest BCUT2D eigenvalue weighted by Gasteiger charge is -2.31. The van der Waals surface area contributed by atoms with Crippen molar-refractivity contribution in [3.05, 3.63) is 18.2 Å². The third-order valence-corrected chi connectivity index (χ3v) is 12.0. The normalized spacial score (nSPS) is 16.4. The van der Waals surface area contributed by atoms with Crippen LogP contribution in [0.1, 0.15) is 119 Å². The molecule has 0 aromatic carbocycles. The minimum atomic E-state index is -1.79. The number of H-pyrrole nitrogens is 1. The van der Waals surface area contributed by atoms with E-state index in [2.05, 4.69) is 52.5 Å². The highest BCUT2D eigenvalue weighted by molar-refractivity contribution is 5.98. The first-order valence-electron chi connectivity index (χ1n) is 25.7. The number of amides is 9. The first-order chi connectivity index (χ1) is 36.0. The quantitative estimate of drug-likeness (QED) is 0.0336. The van der Waals surface area contributed by atoms with Crippen LogP contribution in [0, 0.1) is 23.7 Å². The van der Waals surface area contributed by atoms with Crippen LogP contribution in [0.2, 0.25) is 0 Å². The van der Waals surface area contributed by atoms with Crippen LogP contribution >= 0.6 is 0 Å². The molecule has 1 aromatic rings. The largest absolute Gasteiger partial charge is 0.481 e. The van der Waals surface area contributed by atoms with E-state index in [1.165, 1.54) is 12.5 Å². The number of carbonyl (C=O) groups is 12. The van der Waals surface area contributed by atoms with Gasteiger partial charge in [-0.1, -0.05) is 55.4 Å². The highest BCUT2D eigenvalue weighted by Crippen LogP contribution is 2.20. The van der Waals surface area contributed by atoms with Crippen molar-refractivity contribution in [3.8, 4) is 0 Å². The summed E-state index contributed by atoms with van der Waals surface area (Å²) < 4.78 is 0. The number of aliphatic carboxylic acids is 3. The summed E-state index contributed by atoms with van der Waals surface area (Å²) in [5, 5.41) is 58.0. The molecule has 1 saturated heterocycles. The summed E-state index contributed by atoms with van der Waals surface area (Å²) >= 11 is 0. The molecule has 77 heavy (non-hydrogen) atoms. The van der Waals surface area contributed by atoms with Gasteiger partial charge in [-0.15, -0.1) is 0 Å². The van der Waals surface area contributed by atoms with Gasteiger partial charge in [0.25, 0.3) is 0 Å². The lowest BCUT2D eigenvalue weighted by Crippen LogP contribution is -2.61. The standard InChI is InChI=1S/C49H80N12O16/c1-24(2)14-30(57-46(73)34(18-28-20-51-23-53-28)54-38(63)21-52-41(68)29(50)11-12-39(64)65)42(69)56-32(16-26(5)6)45(72)60-36(22-62)48(75)61-13-9-10-37(61)47(74)58-33(17-27(7)8)43(70)55-31(15-25(3)4)44(71)59-35(49(76)77)19-40(66)67/h20,23-27,29-37,62H,9-19,21-22,50H2,1-8H3,(H,51,53)(H,52,68)(H,54,63)(H,55,70)(H,56,69)(H,57,73)(H,58,74)(H,59,71)(H,60,72)(H,64,65)(H,66,67)(H,76,77)/t29-,30-,31-,32-,33-,34-,35-,36-,37-/m0/s1. The van der Waals surface area contributed by atoms with Gasteiger partial charge in [0.1, 0.15) is 48.3 Å². The average molecular weight is 1090 g/mol. The molecule has 0 bridgehead atoms. The van der Waals surface area contributed by atoms with Crippen LogP contribution in [-0.2, 0) is 64.0 Å². The number of carbonyl (C=O) groups excluding carboxylic acids is 9. The van der Waals surface area contributed by atoms with Gasteiger partial charge < -0.3 is 78.6 Å². The van der Waals surface area contributed by atoms with E-state index in [1.807, 2.05) is 0 Å². The Labute approximate surface area is 446 Å². The monoisotopic (exact) mass is 1090 g/mol. The Bertz CT molecular complexity index is 2210. The van der Waals surface area contributed by atoms with Crippen LogP contribution in [0.15, 0.2) is 12.5 Å². The maximum atomic E-state index is 14.1. The highest BCUT2D eigenvalue weighted by atomic mass is 16.4. The fourth-order valence-corrected chi connectivity index (χ4v) is 8.28. The van der Waals surface area contributed by atoms with Crippen molar-refractivity contribution < 1.29 is 78.0 Å². The fraction of sp³-hybridized carbons (Fsp3) is 0.694. The summed E-state index contributed by atoms with van der Waals surface area (Å²) in [6.07, 6.45) is 1.71. The van der Waals surface area contributed by atoms with Crippen molar-refractivity contribution in [2.45, 2.75) is 174 Å². The summed E-state index contributed by atoms with van der Waals surface area (Å²) in [6, 6.07) is -12.3. The zero-order valence-corrected chi connectivity index (χ0v) is 45.0. The number of likely N-dealkylation sites (tertiary alicyclic amines) is 1. The summed E-state index contributed by atoms with van der Waals surface area (Å²) in [5.41, 5.74) is 6.15. The minimum absolute atomic E-state index is 0.0179. The second-order valence-electron chi connectivity index (χ2n) is 20.9. The second-order valence-corrected chi connectivity index (χ2v) is 20.9. The summed E-state index contributed by atoms with van der Waals surface area (Å²) in [6.45, 7) is 12.6. The van der Waals surface area contributed by atoms with Gasteiger partial charge >= 0.3 is 17.9 Å². The van der Waals surface area contributed by atoms with Crippen molar-refractivity contribution in [1.29, 1.82) is 0 Å². The Kier molecular flexibility index (Phi) is 27.7. The number of imidazole rings is 1. The van der Waals surface area contributed by atoms with Crippen molar-refractivity contribution in [2.75, 3.05) is 19.7 Å². The van der Waals surface area contributed by atoms with Crippen molar-refractivity contribution in [2.24, 2.45) is 29.4 Å². The molecule has 0 unspecified atom stereocenters. The second kappa shape index (κ2) is 32.4. The number of hydrogen-bond acceptors (Lipinski definition) is 15. The molecule has 2 heterocycles. The molecule has 1 aliphatic heterocycles. The summed E-state index contributed by atoms with van der Waals surface area (Å²) in [5.74, 6) is -12.6. The maximum Gasteiger partial charge on any atom is 0.326 e. The van der Waals surface area contributed by atoms with Crippen LogP contribution in [0.5, 0.6) is 0 Å². The zero-order valence-electron chi connectivity index (χ0n) is 45.0. The fourth-order valence-electron chi connectivity index (χ4n) is 8.28. The van der Waals surface area contributed by atoms with E-state index in [0.29, 0.717) is 12.1 Å². The molecule has 0 saturated carbocycles. The van der Waals surface area contributed by atoms with Crippen LogP contribution in [0.4, 0.5) is 0 Å². The van der Waals surface area contributed by atoms with Crippen molar-refractivity contribution in [1.82, 2.24) is 57.4 Å². The maximum absolute atomic E-state index is 14.1. The van der Waals surface area contributed by atoms with Crippen LogP contribution < -0.4 is 48.3 Å². The molecule has 9 atom stereocenters. The van der Waals surface area contributed by atoms with Gasteiger partial charge in [-0.05, 0) is 68.6 Å². The highest BCUT2D eigenvalue weighted by Gasteiger charge is 2.41. The van der Waals surface area contributed by atoms with Crippen molar-refractivity contribution >= 4 is 71.1 Å². The number of nitrogens with zero attached hydrogens (tertiary/aromatic N) is 2. The molecule has 0 radical (unpaired) electrons. The predicted molar refractivity (Wildman–Crippen MR) is 273 cm³/mol. The molecule has 2 rings (SSSR count). The summed E-state index contributed by atoms with van der Waals surface area (Å²) in [4.78, 5) is 164. The third kappa shape index (κ3) is 23.7. The number of hydrogen-bond donors (Lipinski definition) is 14. The van der Waals surface area contributed by atoms with Gasteiger partial charge in [0.05, 0.1) is 31.9 Å². The molecule has 432 valence electrons. The summed E-state index contributed by atoms with van der Waals surface area (Å²) in [7, 11) is 0. The molecule has 9 amide bonds. The number of aliphatic hydroxyl groups is 1. The number of nitrogens with one attached hydrogen (secondary N) is 9. The molecular weight excluding hydrogens is 1010 g/mol. The number of aromatic amines is 1. The van der Waals surface area contributed by atoms with Gasteiger partial charge in [0, 0.05) is 31.3 Å². The Balaban J connectivity index is 2.28. The van der Waals surface area contributed by atoms with Gasteiger partial charge in [-0.25, -0.2) is 9.78 Å². The Morgan fingerprint density at radius 1 is 0.623 bits per heavy atom. The van der Waals surface area contributed by atoms with Gasteiger partial charge in [0.2, 0.25) is 53.2 Å². The smallest absolute Gasteiger partial charge is 0.326 e. The van der Waals surface area contributed by atoms with E-state index in [4.69, 9.17) is 15.9 Å². The molecule has 0 aliphatic carbocycles. The zero-order chi connectivity index (χ0) is 58.3. The first kappa shape index (κ1) is 65.9. The molecule has 1 aromatic heterocycles. The van der Waals surface area contributed by atoms with E-state index in [-0.39, 0.29) is 81.6 Å². The third-order valence-electron chi connectivity index (χ3n) is 12.0. The molecular formula is C49H80N12O16. The minimum Gasteiger partial charge on any atom is -0.481 e. The number of aliphatic hydroxyl groups excluding tert-OH is 1. The average Bonchev–Trinajstić information content (AvgIpc) is 4.05. The Morgan fingerprint density at radius 2 is 1.08 bits per heavy atom. The lowest BCUT2D eigenvalue weighted by atomic mass is 9.99. The van der Waals surface area contributed by atoms with Crippen LogP contribution in [-0.4, -0.2) is 180 Å². The number of carboxylic acids is 3. The van der Waals surface area contributed by atoms with Gasteiger partial charge in [-0.2, -0.15) is 0 Å². The molecule has 1 aliphatic rings. The topological polar surface area (TPSA) is 440 Å². The number of nitrogens with two attached hydrogens (primary N) is 1. The van der Waals surface area contributed by atoms with E-state index < -0.39 is 145 Å². The van der Waals surface area contributed by atoms with E-state index in [9.17, 15) is 67.7 Å². The van der Waals surface area contributed by atoms with E-state index >= 15 is 0 Å². The molecule has 1 fully saturated rings. The Hall–Kier alpha value is -7.23.